The molecule has 0 unspecified atom stereocenters. The number of alkyl halides is 2. The predicted molar refractivity (Wildman–Crippen MR) is 95.6 cm³/mol. The van der Waals surface area contributed by atoms with Gasteiger partial charge in [0.1, 0.15) is 5.75 Å². The number of nitrogens with zero attached hydrogens (tertiary/aromatic N) is 2. The quantitative estimate of drug-likeness (QED) is 0.793. The van der Waals surface area contributed by atoms with Crippen LogP contribution in [-0.4, -0.2) is 55.0 Å². The van der Waals surface area contributed by atoms with Crippen LogP contribution in [0.3, 0.4) is 0 Å². The highest BCUT2D eigenvalue weighted by Gasteiger charge is 2.24. The van der Waals surface area contributed by atoms with Crippen molar-refractivity contribution in [2.75, 3.05) is 32.7 Å². The average molecular weight is 360 g/mol. The summed E-state index contributed by atoms with van der Waals surface area (Å²) in [5.41, 5.74) is 1.48. The van der Waals surface area contributed by atoms with Crippen molar-refractivity contribution in [3.05, 3.63) is 65.7 Å². The number of carbonyl (C=O) groups is 1. The van der Waals surface area contributed by atoms with Gasteiger partial charge in [0.05, 0.1) is 5.56 Å². The second kappa shape index (κ2) is 8.76. The fourth-order valence-corrected chi connectivity index (χ4v) is 3.12. The van der Waals surface area contributed by atoms with Gasteiger partial charge in [-0.05, 0) is 24.1 Å². The summed E-state index contributed by atoms with van der Waals surface area (Å²) in [6.07, 6.45) is 0.972. The van der Waals surface area contributed by atoms with Crippen molar-refractivity contribution in [2.45, 2.75) is 13.0 Å². The smallest absolute Gasteiger partial charge is 0.387 e. The largest absolute Gasteiger partial charge is 0.434 e. The van der Waals surface area contributed by atoms with Crippen LogP contribution in [0.15, 0.2) is 54.6 Å². The van der Waals surface area contributed by atoms with Crippen molar-refractivity contribution in [3.63, 3.8) is 0 Å². The van der Waals surface area contributed by atoms with Gasteiger partial charge < -0.3 is 9.64 Å². The second-order valence-electron chi connectivity index (χ2n) is 6.24. The van der Waals surface area contributed by atoms with E-state index in [1.165, 1.54) is 17.7 Å². The molecule has 2 aromatic rings. The molecule has 1 amide bonds. The molecule has 0 N–H and O–H groups in total. The fourth-order valence-electron chi connectivity index (χ4n) is 3.12. The van der Waals surface area contributed by atoms with E-state index in [9.17, 15) is 13.6 Å². The molecule has 0 saturated carbocycles. The summed E-state index contributed by atoms with van der Waals surface area (Å²) >= 11 is 0. The van der Waals surface area contributed by atoms with Crippen molar-refractivity contribution in [1.82, 2.24) is 9.80 Å². The number of rotatable bonds is 6. The molecule has 138 valence electrons. The number of halogens is 2. The molecule has 1 heterocycles. The molecule has 1 aliphatic rings. The number of ether oxygens (including phenoxy) is 1. The van der Waals surface area contributed by atoms with Crippen LogP contribution in [0.5, 0.6) is 5.75 Å². The van der Waals surface area contributed by atoms with Gasteiger partial charge >= 0.3 is 6.61 Å². The van der Waals surface area contributed by atoms with E-state index < -0.39 is 6.61 Å². The Balaban J connectivity index is 1.54. The summed E-state index contributed by atoms with van der Waals surface area (Å²) in [6.45, 7) is 0.705. The van der Waals surface area contributed by atoms with E-state index in [1.54, 1.807) is 17.0 Å². The summed E-state index contributed by atoms with van der Waals surface area (Å²) < 4.78 is 29.5. The van der Waals surface area contributed by atoms with Crippen molar-refractivity contribution >= 4 is 5.91 Å². The first-order valence-corrected chi connectivity index (χ1v) is 8.73. The minimum atomic E-state index is -2.95. The first kappa shape index (κ1) is 18.3. The zero-order chi connectivity index (χ0) is 18.4. The summed E-state index contributed by atoms with van der Waals surface area (Å²) in [5, 5.41) is 0. The van der Waals surface area contributed by atoms with Crippen LogP contribution in [0.4, 0.5) is 8.78 Å². The number of hydrogen-bond acceptors (Lipinski definition) is 3. The zero-order valence-corrected chi connectivity index (χ0v) is 14.5. The third kappa shape index (κ3) is 4.79. The van der Waals surface area contributed by atoms with Crippen molar-refractivity contribution in [3.8, 4) is 5.75 Å². The molecule has 1 fully saturated rings. The molecule has 3 rings (SSSR count). The Hall–Kier alpha value is -2.47. The van der Waals surface area contributed by atoms with E-state index in [4.69, 9.17) is 0 Å². The van der Waals surface area contributed by atoms with E-state index in [2.05, 4.69) is 21.8 Å². The third-order valence-corrected chi connectivity index (χ3v) is 4.55. The predicted octanol–water partition coefficient (Wildman–Crippen LogP) is 3.29. The molecular weight excluding hydrogens is 338 g/mol. The molecule has 4 nitrogen and oxygen atoms in total. The van der Waals surface area contributed by atoms with E-state index in [-0.39, 0.29) is 17.2 Å². The van der Waals surface area contributed by atoms with Crippen LogP contribution < -0.4 is 4.74 Å². The highest BCUT2D eigenvalue weighted by atomic mass is 19.3. The molecule has 0 radical (unpaired) electrons. The van der Waals surface area contributed by atoms with Gasteiger partial charge in [0.15, 0.2) is 0 Å². The Bertz CT molecular complexity index is 717. The molecule has 2 aromatic carbocycles. The molecule has 0 bridgehead atoms. The number of amides is 1. The van der Waals surface area contributed by atoms with Gasteiger partial charge in [0.2, 0.25) is 0 Å². The Morgan fingerprint density at radius 2 is 1.62 bits per heavy atom. The molecule has 6 heteroatoms. The topological polar surface area (TPSA) is 32.8 Å². The Morgan fingerprint density at radius 3 is 2.31 bits per heavy atom. The first-order chi connectivity index (χ1) is 12.6. The maximum Gasteiger partial charge on any atom is 0.387 e. The molecular formula is C20H22F2N2O2. The van der Waals surface area contributed by atoms with Crippen LogP contribution in [0.1, 0.15) is 15.9 Å². The van der Waals surface area contributed by atoms with E-state index in [1.807, 2.05) is 18.2 Å². The summed E-state index contributed by atoms with van der Waals surface area (Å²) in [4.78, 5) is 16.7. The minimum Gasteiger partial charge on any atom is -0.434 e. The summed E-state index contributed by atoms with van der Waals surface area (Å²) in [6, 6.07) is 16.5. The third-order valence-electron chi connectivity index (χ3n) is 4.55. The maximum atomic E-state index is 12.7. The van der Waals surface area contributed by atoms with Crippen LogP contribution >= 0.6 is 0 Å². The first-order valence-electron chi connectivity index (χ1n) is 8.73. The van der Waals surface area contributed by atoms with Gasteiger partial charge in [-0.2, -0.15) is 8.78 Å². The van der Waals surface area contributed by atoms with Gasteiger partial charge in [-0.1, -0.05) is 42.5 Å². The highest BCUT2D eigenvalue weighted by molar-refractivity contribution is 5.97. The van der Waals surface area contributed by atoms with Gasteiger partial charge in [-0.25, -0.2) is 0 Å². The number of carbonyl (C=O) groups excluding carboxylic acids is 1. The lowest BCUT2D eigenvalue weighted by molar-refractivity contribution is -0.0503. The number of benzene rings is 2. The van der Waals surface area contributed by atoms with Crippen LogP contribution in [0, 0.1) is 0 Å². The van der Waals surface area contributed by atoms with Gasteiger partial charge in [-0.3, -0.25) is 9.69 Å². The number of piperazine rings is 1. The van der Waals surface area contributed by atoms with E-state index in [0.29, 0.717) is 13.1 Å². The molecule has 1 saturated heterocycles. The number of para-hydroxylation sites is 1. The van der Waals surface area contributed by atoms with Crippen molar-refractivity contribution in [1.29, 1.82) is 0 Å². The second-order valence-corrected chi connectivity index (χ2v) is 6.24. The normalized spacial score (nSPS) is 15.3. The lowest BCUT2D eigenvalue weighted by atomic mass is 10.1. The Labute approximate surface area is 152 Å². The van der Waals surface area contributed by atoms with E-state index >= 15 is 0 Å². The lowest BCUT2D eigenvalue weighted by Crippen LogP contribution is -2.49. The summed E-state index contributed by atoms with van der Waals surface area (Å²) in [7, 11) is 0. The van der Waals surface area contributed by atoms with Crippen LogP contribution in [0.2, 0.25) is 0 Å². The number of hydrogen-bond donors (Lipinski definition) is 0. The molecule has 0 spiro atoms. The molecule has 0 aromatic heterocycles. The highest BCUT2D eigenvalue weighted by Crippen LogP contribution is 2.22. The lowest BCUT2D eigenvalue weighted by Gasteiger charge is -2.35. The van der Waals surface area contributed by atoms with Crippen LogP contribution in [0.25, 0.3) is 0 Å². The Morgan fingerprint density at radius 1 is 0.962 bits per heavy atom. The maximum absolute atomic E-state index is 12.7. The van der Waals surface area contributed by atoms with Crippen LogP contribution in [-0.2, 0) is 6.42 Å². The van der Waals surface area contributed by atoms with Crippen molar-refractivity contribution < 1.29 is 18.3 Å². The SMILES string of the molecule is O=C(c1ccccc1OC(F)F)N1CCN(CCc2ccccc2)CC1. The van der Waals surface area contributed by atoms with Gasteiger partial charge in [0, 0.05) is 32.7 Å². The zero-order valence-electron chi connectivity index (χ0n) is 14.5. The minimum absolute atomic E-state index is 0.0704. The monoisotopic (exact) mass is 360 g/mol. The van der Waals surface area contributed by atoms with Crippen molar-refractivity contribution in [2.24, 2.45) is 0 Å². The fraction of sp³-hybridized carbons (Fsp3) is 0.350. The molecule has 1 aliphatic heterocycles. The molecule has 0 atom stereocenters. The summed E-state index contributed by atoms with van der Waals surface area (Å²) in [5.74, 6) is -0.331. The standard InChI is InChI=1S/C20H22F2N2O2/c21-20(22)26-18-9-5-4-8-17(18)19(25)24-14-12-23(13-15-24)11-10-16-6-2-1-3-7-16/h1-9,20H,10-15H2. The molecule has 0 aliphatic carbocycles. The Kier molecular flexibility index (Phi) is 6.17. The van der Waals surface area contributed by atoms with Gasteiger partial charge in [-0.15, -0.1) is 0 Å². The average Bonchev–Trinajstić information content (AvgIpc) is 2.67. The molecule has 26 heavy (non-hydrogen) atoms. The van der Waals surface area contributed by atoms with Gasteiger partial charge in [0.25, 0.3) is 5.91 Å². The van der Waals surface area contributed by atoms with E-state index in [0.717, 1.165) is 26.1 Å².